The highest BCUT2D eigenvalue weighted by molar-refractivity contribution is 5.99. The quantitative estimate of drug-likeness (QED) is 0.471. The lowest BCUT2D eigenvalue weighted by molar-refractivity contribution is -0.0498. The maximum absolute atomic E-state index is 12.2. The maximum atomic E-state index is 12.2. The molecule has 0 spiro atoms. The van der Waals surface area contributed by atoms with E-state index < -0.39 is 25.0 Å². The number of methoxy groups -OCH3 is 1. The number of ether oxygens (including phenoxy) is 4. The lowest BCUT2D eigenvalue weighted by Crippen LogP contribution is -2.14. The van der Waals surface area contributed by atoms with E-state index in [9.17, 15) is 18.4 Å². The normalized spacial score (nSPS) is 10.7. The highest BCUT2D eigenvalue weighted by Gasteiger charge is 2.15. The summed E-state index contributed by atoms with van der Waals surface area (Å²) in [7, 11) is 1.45. The number of hydrogen-bond acceptors (Lipinski definition) is 6. The third-order valence-electron chi connectivity index (χ3n) is 3.50. The number of ketones is 1. The van der Waals surface area contributed by atoms with Crippen LogP contribution in [0.15, 0.2) is 42.5 Å². The third kappa shape index (κ3) is 5.94. The van der Waals surface area contributed by atoms with Crippen LogP contribution in [0.4, 0.5) is 8.78 Å². The number of alkyl halides is 2. The molecule has 6 nitrogen and oxygen atoms in total. The van der Waals surface area contributed by atoms with Gasteiger partial charge in [-0.25, -0.2) is 4.79 Å². The fourth-order valence-electron chi connectivity index (χ4n) is 2.27. The summed E-state index contributed by atoms with van der Waals surface area (Å²) in [6.07, 6.45) is -0.0678. The fraction of sp³-hybridized carbons (Fsp3) is 0.300. The lowest BCUT2D eigenvalue weighted by Gasteiger charge is -2.14. The molecule has 2 aromatic carbocycles. The third-order valence-corrected chi connectivity index (χ3v) is 3.50. The topological polar surface area (TPSA) is 71.1 Å². The Bertz CT molecular complexity index is 818. The van der Waals surface area contributed by atoms with Gasteiger partial charge in [-0.15, -0.1) is 0 Å². The van der Waals surface area contributed by atoms with Crippen molar-refractivity contribution >= 4 is 11.8 Å². The number of rotatable bonds is 9. The highest BCUT2D eigenvalue weighted by atomic mass is 19.3. The van der Waals surface area contributed by atoms with E-state index in [0.29, 0.717) is 11.5 Å². The van der Waals surface area contributed by atoms with Gasteiger partial charge in [-0.2, -0.15) is 8.78 Å². The number of carbonyl (C=O) groups excluding carboxylic acids is 2. The van der Waals surface area contributed by atoms with Crippen LogP contribution >= 0.6 is 0 Å². The van der Waals surface area contributed by atoms with E-state index in [4.69, 9.17) is 14.2 Å². The van der Waals surface area contributed by atoms with Crippen molar-refractivity contribution in [3.05, 3.63) is 53.6 Å². The summed E-state index contributed by atoms with van der Waals surface area (Å²) in [5.41, 5.74) is 0.397. The number of hydrogen-bond donors (Lipinski definition) is 0. The van der Waals surface area contributed by atoms with Gasteiger partial charge < -0.3 is 18.9 Å². The van der Waals surface area contributed by atoms with E-state index in [1.807, 2.05) is 13.8 Å². The molecule has 0 aromatic heterocycles. The van der Waals surface area contributed by atoms with Crippen LogP contribution in [0.2, 0.25) is 0 Å². The summed E-state index contributed by atoms with van der Waals surface area (Å²) < 4.78 is 44.3. The number of Topliss-reactive ketones (excluding diaryl/α,β-unsaturated/α-hetero) is 1. The van der Waals surface area contributed by atoms with Crippen LogP contribution in [-0.4, -0.2) is 38.2 Å². The van der Waals surface area contributed by atoms with Crippen molar-refractivity contribution in [3.8, 4) is 17.2 Å². The van der Waals surface area contributed by atoms with E-state index in [0.717, 1.165) is 0 Å². The van der Waals surface area contributed by atoms with E-state index in [1.54, 1.807) is 6.07 Å². The zero-order valence-electron chi connectivity index (χ0n) is 15.6. The van der Waals surface area contributed by atoms with Gasteiger partial charge in [-0.1, -0.05) is 0 Å². The molecule has 2 rings (SSSR count). The number of carbonyl (C=O) groups is 2. The molecular weight excluding hydrogens is 374 g/mol. The van der Waals surface area contributed by atoms with Crippen LogP contribution < -0.4 is 14.2 Å². The van der Waals surface area contributed by atoms with Crippen molar-refractivity contribution in [1.82, 2.24) is 0 Å². The van der Waals surface area contributed by atoms with Gasteiger partial charge in [0.25, 0.3) is 0 Å². The molecule has 150 valence electrons. The molecule has 0 fully saturated rings. The Hall–Kier alpha value is -3.16. The molecule has 0 N–H and O–H groups in total. The van der Waals surface area contributed by atoms with Gasteiger partial charge in [-0.3, -0.25) is 4.79 Å². The van der Waals surface area contributed by atoms with E-state index in [-0.39, 0.29) is 23.0 Å². The largest absolute Gasteiger partial charge is 0.493 e. The van der Waals surface area contributed by atoms with Crippen molar-refractivity contribution in [1.29, 1.82) is 0 Å². The van der Waals surface area contributed by atoms with Gasteiger partial charge in [-0.05, 0) is 56.3 Å². The predicted molar refractivity (Wildman–Crippen MR) is 96.4 cm³/mol. The molecule has 8 heteroatoms. The maximum Gasteiger partial charge on any atom is 0.387 e. The van der Waals surface area contributed by atoms with Gasteiger partial charge >= 0.3 is 12.6 Å². The molecule has 2 aromatic rings. The van der Waals surface area contributed by atoms with Gasteiger partial charge in [0.05, 0.1) is 18.8 Å². The molecule has 0 unspecified atom stereocenters. The minimum absolute atomic E-state index is 0.0678. The second-order valence-corrected chi connectivity index (χ2v) is 5.93. The van der Waals surface area contributed by atoms with Gasteiger partial charge in [0, 0.05) is 5.56 Å². The molecule has 0 aliphatic heterocycles. The number of benzene rings is 2. The van der Waals surface area contributed by atoms with Crippen molar-refractivity contribution in [2.45, 2.75) is 26.6 Å². The van der Waals surface area contributed by atoms with Crippen molar-refractivity contribution in [2.24, 2.45) is 0 Å². The molecule has 0 bridgehead atoms. The minimum atomic E-state index is -2.95. The Morgan fingerprint density at radius 2 is 1.57 bits per heavy atom. The molecule has 0 heterocycles. The average molecular weight is 394 g/mol. The van der Waals surface area contributed by atoms with Crippen LogP contribution in [-0.2, 0) is 4.74 Å². The summed E-state index contributed by atoms with van der Waals surface area (Å²) in [6.45, 7) is 0.274. The summed E-state index contributed by atoms with van der Waals surface area (Å²) >= 11 is 0. The van der Waals surface area contributed by atoms with Crippen molar-refractivity contribution in [3.63, 3.8) is 0 Å². The zero-order valence-corrected chi connectivity index (χ0v) is 15.6. The van der Waals surface area contributed by atoms with Crippen LogP contribution in [0, 0.1) is 0 Å². The second-order valence-electron chi connectivity index (χ2n) is 5.93. The van der Waals surface area contributed by atoms with Gasteiger partial charge in [0.2, 0.25) is 0 Å². The van der Waals surface area contributed by atoms with Crippen LogP contribution in [0.3, 0.4) is 0 Å². The molecule has 0 atom stereocenters. The summed E-state index contributed by atoms with van der Waals surface area (Å²) in [4.78, 5) is 24.3. The first-order valence-electron chi connectivity index (χ1n) is 8.40. The number of halogens is 2. The monoisotopic (exact) mass is 394 g/mol. The van der Waals surface area contributed by atoms with E-state index in [2.05, 4.69) is 4.74 Å². The van der Waals surface area contributed by atoms with Crippen LogP contribution in [0.5, 0.6) is 17.2 Å². The average Bonchev–Trinajstić information content (AvgIpc) is 2.65. The Morgan fingerprint density at radius 3 is 2.14 bits per heavy atom. The molecule has 0 saturated heterocycles. The smallest absolute Gasteiger partial charge is 0.387 e. The molecule has 0 aliphatic rings. The molecule has 28 heavy (non-hydrogen) atoms. The van der Waals surface area contributed by atoms with E-state index >= 15 is 0 Å². The Kier molecular flexibility index (Phi) is 7.31. The van der Waals surface area contributed by atoms with Gasteiger partial charge in [0.1, 0.15) is 5.75 Å². The first kappa shape index (κ1) is 21.1. The first-order valence-corrected chi connectivity index (χ1v) is 8.40. The van der Waals surface area contributed by atoms with E-state index in [1.165, 1.54) is 43.5 Å². The first-order chi connectivity index (χ1) is 13.3. The molecular formula is C20H20F2O6. The summed E-state index contributed by atoms with van der Waals surface area (Å²) in [5.74, 6) is -0.413. The van der Waals surface area contributed by atoms with Crippen LogP contribution in [0.25, 0.3) is 0 Å². The summed E-state index contributed by atoms with van der Waals surface area (Å²) in [5, 5.41) is 0. The Balaban J connectivity index is 1.98. The van der Waals surface area contributed by atoms with Crippen molar-refractivity contribution in [2.75, 3.05) is 13.7 Å². The molecule has 0 saturated carbocycles. The van der Waals surface area contributed by atoms with Crippen LogP contribution in [0.1, 0.15) is 34.6 Å². The van der Waals surface area contributed by atoms with Gasteiger partial charge in [0.15, 0.2) is 23.9 Å². The standard InChI is InChI=1S/C20H20F2O6/c1-12(2)27-17-9-6-14(10-18(17)25-3)19(24)26-11-16(23)13-4-7-15(8-5-13)28-20(21)22/h4-10,12,20H,11H2,1-3H3. The Labute approximate surface area is 161 Å². The molecule has 0 radical (unpaired) electrons. The number of esters is 1. The second kappa shape index (κ2) is 9.68. The highest BCUT2D eigenvalue weighted by Crippen LogP contribution is 2.29. The predicted octanol–water partition coefficient (Wildman–Crippen LogP) is 4.12. The fourth-order valence-corrected chi connectivity index (χ4v) is 2.27. The molecule has 0 aliphatic carbocycles. The SMILES string of the molecule is COc1cc(C(=O)OCC(=O)c2ccc(OC(F)F)cc2)ccc1OC(C)C. The Morgan fingerprint density at radius 1 is 0.929 bits per heavy atom. The molecule has 0 amide bonds. The minimum Gasteiger partial charge on any atom is -0.493 e. The lowest BCUT2D eigenvalue weighted by atomic mass is 10.1. The summed E-state index contributed by atoms with van der Waals surface area (Å²) in [6, 6.07) is 9.65. The zero-order chi connectivity index (χ0) is 20.7. The van der Waals surface area contributed by atoms with Crippen molar-refractivity contribution < 1.29 is 37.3 Å².